The fourth-order valence-electron chi connectivity index (χ4n) is 1.48. The summed E-state index contributed by atoms with van der Waals surface area (Å²) in [6.45, 7) is 0. The fraction of sp³-hybridized carbons (Fsp3) is 0. The second kappa shape index (κ2) is 5.07. The number of rotatable bonds is 2. The van der Waals surface area contributed by atoms with Crippen LogP contribution in [0.1, 0.15) is 5.56 Å². The Bertz CT molecular complexity index is 635. The molecule has 3 nitrogen and oxygen atoms in total. The SMILES string of the molecule is N#Cc1cc(Nc2ccc(Br)cc2F)ccc1N. The molecule has 0 aliphatic carbocycles. The topological polar surface area (TPSA) is 61.8 Å². The highest BCUT2D eigenvalue weighted by molar-refractivity contribution is 9.10. The van der Waals surface area contributed by atoms with Crippen LogP contribution in [0.3, 0.4) is 0 Å². The van der Waals surface area contributed by atoms with Crippen molar-refractivity contribution in [3.05, 3.63) is 52.3 Å². The van der Waals surface area contributed by atoms with Crippen molar-refractivity contribution in [3.8, 4) is 6.07 Å². The molecule has 0 amide bonds. The van der Waals surface area contributed by atoms with Gasteiger partial charge in [-0.3, -0.25) is 0 Å². The largest absolute Gasteiger partial charge is 0.398 e. The summed E-state index contributed by atoms with van der Waals surface area (Å²) in [5.74, 6) is -0.375. The average Bonchev–Trinajstić information content (AvgIpc) is 2.35. The number of nitrogens with two attached hydrogens (primary N) is 1. The first-order chi connectivity index (χ1) is 8.60. The van der Waals surface area contributed by atoms with Crippen molar-refractivity contribution in [1.82, 2.24) is 0 Å². The lowest BCUT2D eigenvalue weighted by atomic mass is 10.1. The zero-order chi connectivity index (χ0) is 13.1. The van der Waals surface area contributed by atoms with Gasteiger partial charge in [0.05, 0.1) is 11.3 Å². The number of nitrogen functional groups attached to an aromatic ring is 1. The van der Waals surface area contributed by atoms with Gasteiger partial charge >= 0.3 is 0 Å². The Morgan fingerprint density at radius 1 is 1.22 bits per heavy atom. The minimum Gasteiger partial charge on any atom is -0.398 e. The van der Waals surface area contributed by atoms with Crippen LogP contribution in [0, 0.1) is 17.1 Å². The van der Waals surface area contributed by atoms with Crippen molar-refractivity contribution in [1.29, 1.82) is 5.26 Å². The van der Waals surface area contributed by atoms with E-state index in [1.54, 1.807) is 30.3 Å². The van der Waals surface area contributed by atoms with Crippen LogP contribution in [0.2, 0.25) is 0 Å². The summed E-state index contributed by atoms with van der Waals surface area (Å²) in [5.41, 5.74) is 7.33. The fourth-order valence-corrected chi connectivity index (χ4v) is 1.81. The van der Waals surface area contributed by atoms with Gasteiger partial charge in [0.1, 0.15) is 11.9 Å². The first kappa shape index (κ1) is 12.4. The molecule has 0 aromatic heterocycles. The molecule has 0 radical (unpaired) electrons. The van der Waals surface area contributed by atoms with Crippen molar-refractivity contribution >= 4 is 33.0 Å². The van der Waals surface area contributed by atoms with Gasteiger partial charge in [-0.05, 0) is 36.4 Å². The van der Waals surface area contributed by atoms with Gasteiger partial charge in [-0.25, -0.2) is 4.39 Å². The molecule has 0 heterocycles. The van der Waals surface area contributed by atoms with Gasteiger partial charge in [-0.2, -0.15) is 5.26 Å². The van der Waals surface area contributed by atoms with Crippen LogP contribution in [0.25, 0.3) is 0 Å². The van der Waals surface area contributed by atoms with E-state index in [-0.39, 0.29) is 5.82 Å². The van der Waals surface area contributed by atoms with E-state index in [1.807, 2.05) is 6.07 Å². The molecule has 0 aliphatic rings. The summed E-state index contributed by atoms with van der Waals surface area (Å²) < 4.78 is 14.3. The van der Waals surface area contributed by atoms with Crippen LogP contribution in [0.4, 0.5) is 21.5 Å². The molecule has 0 fully saturated rings. The Morgan fingerprint density at radius 3 is 2.67 bits per heavy atom. The smallest absolute Gasteiger partial charge is 0.147 e. The molecule has 0 aliphatic heterocycles. The van der Waals surface area contributed by atoms with Crippen LogP contribution >= 0.6 is 15.9 Å². The van der Waals surface area contributed by atoms with Crippen molar-refractivity contribution in [2.75, 3.05) is 11.1 Å². The highest BCUT2D eigenvalue weighted by Crippen LogP contribution is 2.25. The summed E-state index contributed by atoms with van der Waals surface area (Å²) >= 11 is 3.19. The van der Waals surface area contributed by atoms with Gasteiger partial charge in [-0.1, -0.05) is 15.9 Å². The van der Waals surface area contributed by atoms with E-state index in [9.17, 15) is 4.39 Å². The van der Waals surface area contributed by atoms with Crippen molar-refractivity contribution in [3.63, 3.8) is 0 Å². The third kappa shape index (κ3) is 2.60. The highest BCUT2D eigenvalue weighted by Gasteiger charge is 2.05. The van der Waals surface area contributed by atoms with Gasteiger partial charge in [-0.15, -0.1) is 0 Å². The Kier molecular flexibility index (Phi) is 3.49. The number of nitrogens with one attached hydrogen (secondary N) is 1. The van der Waals surface area contributed by atoms with Crippen LogP contribution in [0.15, 0.2) is 40.9 Å². The van der Waals surface area contributed by atoms with Gasteiger partial charge in [0, 0.05) is 15.8 Å². The first-order valence-corrected chi connectivity index (χ1v) is 5.91. The number of hydrogen-bond donors (Lipinski definition) is 2. The van der Waals surface area contributed by atoms with Crippen LogP contribution in [-0.4, -0.2) is 0 Å². The van der Waals surface area contributed by atoms with Crippen LogP contribution in [-0.2, 0) is 0 Å². The molecule has 0 bridgehead atoms. The van der Waals surface area contributed by atoms with E-state index in [0.717, 1.165) is 0 Å². The van der Waals surface area contributed by atoms with E-state index in [1.165, 1.54) is 6.07 Å². The Morgan fingerprint density at radius 2 is 2.00 bits per heavy atom. The molecule has 0 spiro atoms. The van der Waals surface area contributed by atoms with Crippen LogP contribution in [0.5, 0.6) is 0 Å². The molecule has 0 saturated heterocycles. The normalized spacial score (nSPS) is 9.83. The number of nitrogens with zero attached hydrogens (tertiary/aromatic N) is 1. The standard InChI is InChI=1S/C13H9BrFN3/c14-9-1-4-13(11(15)6-9)18-10-2-3-12(17)8(5-10)7-16/h1-6,18H,17H2. The second-order valence-electron chi connectivity index (χ2n) is 3.66. The van der Waals surface area contributed by atoms with Crippen LogP contribution < -0.4 is 11.1 Å². The Hall–Kier alpha value is -2.06. The third-order valence-corrected chi connectivity index (χ3v) is 2.88. The van der Waals surface area contributed by atoms with E-state index < -0.39 is 0 Å². The van der Waals surface area contributed by atoms with Gasteiger partial charge in [0.2, 0.25) is 0 Å². The maximum Gasteiger partial charge on any atom is 0.147 e. The number of halogens is 2. The summed E-state index contributed by atoms with van der Waals surface area (Å²) in [5, 5.41) is 11.8. The monoisotopic (exact) mass is 305 g/mol. The third-order valence-electron chi connectivity index (χ3n) is 2.38. The lowest BCUT2D eigenvalue weighted by Crippen LogP contribution is -1.96. The molecule has 0 atom stereocenters. The maximum absolute atomic E-state index is 13.6. The molecule has 3 N–H and O–H groups in total. The zero-order valence-electron chi connectivity index (χ0n) is 9.24. The number of anilines is 3. The molecular weight excluding hydrogens is 297 g/mol. The van der Waals surface area contributed by atoms with E-state index >= 15 is 0 Å². The molecule has 5 heteroatoms. The zero-order valence-corrected chi connectivity index (χ0v) is 10.8. The summed E-state index contributed by atoms with van der Waals surface area (Å²) in [6.07, 6.45) is 0. The summed E-state index contributed by atoms with van der Waals surface area (Å²) in [4.78, 5) is 0. The maximum atomic E-state index is 13.6. The van der Waals surface area contributed by atoms with E-state index in [2.05, 4.69) is 21.2 Å². The van der Waals surface area contributed by atoms with Crippen molar-refractivity contribution in [2.45, 2.75) is 0 Å². The average molecular weight is 306 g/mol. The molecule has 18 heavy (non-hydrogen) atoms. The quantitative estimate of drug-likeness (QED) is 0.830. The minimum atomic E-state index is -0.375. The molecule has 2 aromatic carbocycles. The summed E-state index contributed by atoms with van der Waals surface area (Å²) in [7, 11) is 0. The van der Waals surface area contributed by atoms with Gasteiger partial charge in [0.15, 0.2) is 0 Å². The Labute approximate surface area is 112 Å². The first-order valence-electron chi connectivity index (χ1n) is 5.12. The molecule has 0 unspecified atom stereocenters. The molecule has 2 rings (SSSR count). The van der Waals surface area contributed by atoms with Crippen molar-refractivity contribution < 1.29 is 4.39 Å². The van der Waals surface area contributed by atoms with Gasteiger partial charge in [0.25, 0.3) is 0 Å². The number of hydrogen-bond acceptors (Lipinski definition) is 3. The minimum absolute atomic E-state index is 0.340. The number of nitriles is 1. The van der Waals surface area contributed by atoms with E-state index in [0.29, 0.717) is 27.1 Å². The lowest BCUT2D eigenvalue weighted by molar-refractivity contribution is 0.631. The summed E-state index contributed by atoms with van der Waals surface area (Å²) in [6, 6.07) is 11.6. The lowest BCUT2D eigenvalue weighted by Gasteiger charge is -2.09. The molecule has 90 valence electrons. The van der Waals surface area contributed by atoms with Gasteiger partial charge < -0.3 is 11.1 Å². The predicted octanol–water partition coefficient (Wildman–Crippen LogP) is 3.79. The molecule has 2 aromatic rings. The van der Waals surface area contributed by atoms with Crippen molar-refractivity contribution in [2.24, 2.45) is 0 Å². The Balaban J connectivity index is 2.32. The second-order valence-corrected chi connectivity index (χ2v) is 4.58. The molecule has 0 saturated carbocycles. The number of benzene rings is 2. The van der Waals surface area contributed by atoms with E-state index in [4.69, 9.17) is 11.0 Å². The predicted molar refractivity (Wildman–Crippen MR) is 73.0 cm³/mol. The molecular formula is C13H9BrFN3. The highest BCUT2D eigenvalue weighted by atomic mass is 79.9.